The number of hydrogen-bond donors (Lipinski definition) is 2. The van der Waals surface area contributed by atoms with E-state index in [1.807, 2.05) is 0 Å². The van der Waals surface area contributed by atoms with Gasteiger partial charge in [-0.15, -0.1) is 0 Å². The Labute approximate surface area is 231 Å². The molecule has 1 fully saturated rings. The van der Waals surface area contributed by atoms with Crippen molar-refractivity contribution in [1.82, 2.24) is 5.32 Å². The number of nitrogens with zero attached hydrogens (tertiary/aromatic N) is 1. The summed E-state index contributed by atoms with van der Waals surface area (Å²) in [5, 5.41) is 5.36. The molecule has 0 saturated heterocycles. The van der Waals surface area contributed by atoms with Crippen LogP contribution in [0.5, 0.6) is 5.75 Å². The number of carbonyl (C=O) groups excluding carboxylic acids is 2. The Balaban J connectivity index is 1.64. The molecule has 0 radical (unpaired) electrons. The zero-order valence-electron chi connectivity index (χ0n) is 22.4. The number of ether oxygens (including phenoxy) is 2. The Hall–Kier alpha value is -3.48. The minimum Gasteiger partial charge on any atom is -0.486 e. The molecule has 4 rings (SSSR count). The van der Waals surface area contributed by atoms with E-state index >= 15 is 0 Å². The van der Waals surface area contributed by atoms with E-state index in [1.54, 1.807) is 20.8 Å². The number of hydrogen-bond acceptors (Lipinski definition) is 6. The molecule has 0 bridgehead atoms. The van der Waals surface area contributed by atoms with Crippen LogP contribution in [0.25, 0.3) is 0 Å². The first-order valence-corrected chi connectivity index (χ1v) is 14.3. The summed E-state index contributed by atoms with van der Waals surface area (Å²) in [4.78, 5) is 24.3. The van der Waals surface area contributed by atoms with Gasteiger partial charge in [-0.1, -0.05) is 12.5 Å². The van der Waals surface area contributed by atoms with Crippen LogP contribution in [0.1, 0.15) is 52.0 Å². The molecule has 1 aliphatic heterocycles. The summed E-state index contributed by atoms with van der Waals surface area (Å²) in [5.74, 6) is 0.193. The molecular weight excluding hydrogens is 551 g/mol. The maximum Gasteiger partial charge on any atom is 0.416 e. The average molecular weight is 584 g/mol. The fourth-order valence-electron chi connectivity index (χ4n) is 4.34. The lowest BCUT2D eigenvalue weighted by Crippen LogP contribution is -2.46. The zero-order valence-corrected chi connectivity index (χ0v) is 23.2. The molecule has 0 aromatic heterocycles. The Morgan fingerprint density at radius 2 is 1.82 bits per heavy atom. The first-order valence-electron chi connectivity index (χ1n) is 12.9. The summed E-state index contributed by atoms with van der Waals surface area (Å²) < 4.78 is 79.7. The first kappa shape index (κ1) is 29.5. The van der Waals surface area contributed by atoms with Gasteiger partial charge in [0.2, 0.25) is 5.91 Å². The minimum absolute atomic E-state index is 0.00269. The Morgan fingerprint density at radius 3 is 2.45 bits per heavy atom. The summed E-state index contributed by atoms with van der Waals surface area (Å²) >= 11 is 0. The van der Waals surface area contributed by atoms with Gasteiger partial charge in [-0.2, -0.15) is 13.2 Å². The molecule has 2 aromatic carbocycles. The van der Waals surface area contributed by atoms with Gasteiger partial charge >= 0.3 is 12.3 Å². The molecule has 218 valence electrons. The van der Waals surface area contributed by atoms with Crippen molar-refractivity contribution in [2.45, 2.75) is 69.2 Å². The number of amides is 2. The second-order valence-corrected chi connectivity index (χ2v) is 12.8. The SMILES string of the molecule is CC(C)(C)OC(=O)Nc1ccc2c(c1)N(S(=O)(=O)c1cccc(C(F)(F)F)c1)CC(CC(=O)NCC1CCC1)O2. The van der Waals surface area contributed by atoms with E-state index in [1.165, 1.54) is 18.2 Å². The van der Waals surface area contributed by atoms with Gasteiger partial charge in [0, 0.05) is 12.2 Å². The highest BCUT2D eigenvalue weighted by Gasteiger charge is 2.38. The molecule has 1 saturated carbocycles. The van der Waals surface area contributed by atoms with Crippen LogP contribution in [0, 0.1) is 5.92 Å². The van der Waals surface area contributed by atoms with E-state index in [0.29, 0.717) is 18.5 Å². The Bertz CT molecular complexity index is 1370. The highest BCUT2D eigenvalue weighted by Crippen LogP contribution is 2.40. The maximum absolute atomic E-state index is 13.7. The molecule has 1 heterocycles. The molecule has 9 nitrogen and oxygen atoms in total. The van der Waals surface area contributed by atoms with Crippen molar-refractivity contribution < 1.29 is 40.7 Å². The highest BCUT2D eigenvalue weighted by atomic mass is 32.2. The van der Waals surface area contributed by atoms with Gasteiger partial charge in [0.25, 0.3) is 10.0 Å². The van der Waals surface area contributed by atoms with Gasteiger partial charge in [-0.05, 0) is 75.9 Å². The van der Waals surface area contributed by atoms with Gasteiger partial charge in [-0.3, -0.25) is 14.4 Å². The fraction of sp³-hybridized carbons (Fsp3) is 0.481. The zero-order chi connectivity index (χ0) is 29.3. The smallest absolute Gasteiger partial charge is 0.416 e. The van der Waals surface area contributed by atoms with Crippen molar-refractivity contribution >= 4 is 33.4 Å². The van der Waals surface area contributed by atoms with Gasteiger partial charge in [0.15, 0.2) is 0 Å². The summed E-state index contributed by atoms with van der Waals surface area (Å²) in [5.41, 5.74) is -1.73. The van der Waals surface area contributed by atoms with Crippen molar-refractivity contribution in [2.75, 3.05) is 22.7 Å². The molecule has 40 heavy (non-hydrogen) atoms. The summed E-state index contributed by atoms with van der Waals surface area (Å²) in [7, 11) is -4.54. The van der Waals surface area contributed by atoms with Gasteiger partial charge < -0.3 is 14.8 Å². The molecule has 1 atom stereocenters. The molecular formula is C27H32F3N3O6S. The molecule has 2 aromatic rings. The summed E-state index contributed by atoms with van der Waals surface area (Å²) in [6.45, 7) is 5.23. The average Bonchev–Trinajstić information content (AvgIpc) is 2.81. The molecule has 2 amide bonds. The number of carbonyl (C=O) groups is 2. The molecule has 2 N–H and O–H groups in total. The van der Waals surface area contributed by atoms with Crippen LogP contribution >= 0.6 is 0 Å². The van der Waals surface area contributed by atoms with Crippen LogP contribution in [-0.4, -0.2) is 45.2 Å². The molecule has 13 heteroatoms. The summed E-state index contributed by atoms with van der Waals surface area (Å²) in [6, 6.07) is 7.66. The Morgan fingerprint density at radius 1 is 1.10 bits per heavy atom. The van der Waals surface area contributed by atoms with Crippen molar-refractivity contribution in [1.29, 1.82) is 0 Å². The first-order chi connectivity index (χ1) is 18.6. The predicted molar refractivity (Wildman–Crippen MR) is 142 cm³/mol. The Kier molecular flexibility index (Phi) is 8.25. The summed E-state index contributed by atoms with van der Waals surface area (Å²) in [6.07, 6.45) is -3.39. The van der Waals surface area contributed by atoms with Crippen LogP contribution in [0.4, 0.5) is 29.3 Å². The number of nitrogens with one attached hydrogen (secondary N) is 2. The van der Waals surface area contributed by atoms with Crippen LogP contribution < -0.4 is 19.7 Å². The van der Waals surface area contributed by atoms with E-state index in [0.717, 1.165) is 41.8 Å². The lowest BCUT2D eigenvalue weighted by atomic mass is 9.85. The predicted octanol–water partition coefficient (Wildman–Crippen LogP) is 5.32. The van der Waals surface area contributed by atoms with Crippen LogP contribution in [0.2, 0.25) is 0 Å². The van der Waals surface area contributed by atoms with Crippen LogP contribution in [0.3, 0.4) is 0 Å². The van der Waals surface area contributed by atoms with Crippen molar-refractivity contribution in [3.8, 4) is 5.75 Å². The minimum atomic E-state index is -4.75. The number of anilines is 2. The number of fused-ring (bicyclic) bond motifs is 1. The second-order valence-electron chi connectivity index (χ2n) is 10.9. The third-order valence-corrected chi connectivity index (χ3v) is 8.29. The third-order valence-electron chi connectivity index (χ3n) is 6.51. The number of alkyl halides is 3. The van der Waals surface area contributed by atoms with Gasteiger partial charge in [0.05, 0.1) is 29.1 Å². The normalized spacial score (nSPS) is 17.8. The van der Waals surface area contributed by atoms with Crippen molar-refractivity contribution in [2.24, 2.45) is 5.92 Å². The standard InChI is InChI=1S/C27H32F3N3O6S/c1-26(2,3)39-25(35)32-19-10-11-23-22(13-19)33(16-20(38-23)14-24(34)31-15-17-6-4-7-17)40(36,37)21-9-5-8-18(12-21)27(28,29)30/h5,8-13,17,20H,4,6-7,14-16H2,1-3H3,(H,31,34)(H,32,35). The second kappa shape index (κ2) is 11.2. The third kappa shape index (κ3) is 7.18. The van der Waals surface area contributed by atoms with Gasteiger partial charge in [-0.25, -0.2) is 13.2 Å². The van der Waals surface area contributed by atoms with E-state index in [9.17, 15) is 31.2 Å². The fourth-order valence-corrected chi connectivity index (χ4v) is 5.88. The topological polar surface area (TPSA) is 114 Å². The van der Waals surface area contributed by atoms with Crippen LogP contribution in [-0.2, 0) is 25.7 Å². The van der Waals surface area contributed by atoms with Crippen molar-refractivity contribution in [3.63, 3.8) is 0 Å². The van der Waals surface area contributed by atoms with Crippen LogP contribution in [0.15, 0.2) is 47.4 Å². The monoisotopic (exact) mass is 583 g/mol. The number of benzene rings is 2. The number of halogens is 3. The molecule has 0 spiro atoms. The van der Waals surface area contributed by atoms with E-state index < -0.39 is 44.5 Å². The molecule has 1 aliphatic carbocycles. The van der Waals surface area contributed by atoms with E-state index in [-0.39, 0.29) is 36.0 Å². The van der Waals surface area contributed by atoms with E-state index in [2.05, 4.69) is 10.6 Å². The molecule has 2 aliphatic rings. The lowest BCUT2D eigenvalue weighted by molar-refractivity contribution is -0.137. The van der Waals surface area contributed by atoms with Crippen molar-refractivity contribution in [3.05, 3.63) is 48.0 Å². The molecule has 1 unspecified atom stereocenters. The quantitative estimate of drug-likeness (QED) is 0.457. The lowest BCUT2D eigenvalue weighted by Gasteiger charge is -2.36. The van der Waals surface area contributed by atoms with Gasteiger partial charge in [0.1, 0.15) is 17.5 Å². The largest absolute Gasteiger partial charge is 0.486 e. The number of sulfonamides is 1. The maximum atomic E-state index is 13.7. The number of rotatable bonds is 7. The van der Waals surface area contributed by atoms with E-state index in [4.69, 9.17) is 9.47 Å². The highest BCUT2D eigenvalue weighted by molar-refractivity contribution is 7.92.